The maximum absolute atomic E-state index is 5.07. The van der Waals surface area contributed by atoms with Crippen LogP contribution in [0.15, 0.2) is 182 Å². The zero-order valence-electron chi connectivity index (χ0n) is 31.3. The van der Waals surface area contributed by atoms with Crippen molar-refractivity contribution in [3.63, 3.8) is 0 Å². The molecule has 0 spiro atoms. The lowest BCUT2D eigenvalue weighted by Crippen LogP contribution is -2.19. The van der Waals surface area contributed by atoms with Gasteiger partial charge >= 0.3 is 0 Å². The predicted octanol–water partition coefficient (Wildman–Crippen LogP) is 14.3. The summed E-state index contributed by atoms with van der Waals surface area (Å²) in [6.45, 7) is 4.86. The van der Waals surface area contributed by atoms with Gasteiger partial charge in [0.2, 0.25) is 0 Å². The van der Waals surface area contributed by atoms with Crippen molar-refractivity contribution in [2.24, 2.45) is 0 Å². The first-order valence-corrected chi connectivity index (χ1v) is 19.4. The highest BCUT2D eigenvalue weighted by Crippen LogP contribution is 2.55. The average Bonchev–Trinajstić information content (AvgIpc) is 3.50. The standard InChI is InChI=1S/C54H41N/c1-54(2)49-33-43(30-31-47(49)52-48(40-14-6-3-7-15-40)32-44-20-12-13-21-46(44)53(52)54)38-26-22-36(23-27-38)37-24-28-39(29-25-37)45-34-50(41-16-8-4-9-17-41)55-51(35-45)42-18-10-5-11-19-42/h3-12,14-20,22-35H,13,21H2,1-2H3. The molecule has 1 nitrogen and oxygen atoms in total. The lowest BCUT2D eigenvalue weighted by atomic mass is 9.75. The molecule has 0 bridgehead atoms. The summed E-state index contributed by atoms with van der Waals surface area (Å²) in [7, 11) is 0. The molecule has 0 aliphatic heterocycles. The quantitative estimate of drug-likeness (QED) is 0.168. The monoisotopic (exact) mass is 703 g/mol. The molecule has 0 saturated carbocycles. The van der Waals surface area contributed by atoms with Crippen LogP contribution in [-0.2, 0) is 11.8 Å². The Morgan fingerprint density at radius 2 is 0.927 bits per heavy atom. The average molecular weight is 704 g/mol. The minimum Gasteiger partial charge on any atom is -0.248 e. The summed E-state index contributed by atoms with van der Waals surface area (Å²) >= 11 is 0. The van der Waals surface area contributed by atoms with Gasteiger partial charge in [-0.15, -0.1) is 0 Å². The number of pyridine rings is 1. The smallest absolute Gasteiger partial charge is 0.0715 e. The van der Waals surface area contributed by atoms with E-state index in [2.05, 4.69) is 190 Å². The summed E-state index contributed by atoms with van der Waals surface area (Å²) < 4.78 is 0. The van der Waals surface area contributed by atoms with E-state index in [-0.39, 0.29) is 5.41 Å². The van der Waals surface area contributed by atoms with Crippen LogP contribution in [0, 0.1) is 0 Å². The molecule has 1 heterocycles. The molecule has 2 aliphatic rings. The number of allylic oxidation sites excluding steroid dienone is 1. The van der Waals surface area contributed by atoms with Crippen molar-refractivity contribution >= 4 is 6.08 Å². The van der Waals surface area contributed by atoms with Crippen LogP contribution >= 0.6 is 0 Å². The Morgan fingerprint density at radius 1 is 0.436 bits per heavy atom. The first kappa shape index (κ1) is 33.0. The first-order chi connectivity index (χ1) is 27.0. The molecule has 262 valence electrons. The molecule has 0 N–H and O–H groups in total. The number of aromatic nitrogens is 1. The van der Waals surface area contributed by atoms with Gasteiger partial charge in [0, 0.05) is 16.5 Å². The zero-order chi connectivity index (χ0) is 36.9. The van der Waals surface area contributed by atoms with Gasteiger partial charge in [0.1, 0.15) is 0 Å². The Labute approximate surface area is 324 Å². The van der Waals surface area contributed by atoms with Crippen LogP contribution in [0.2, 0.25) is 0 Å². The Balaban J connectivity index is 0.968. The third-order valence-electron chi connectivity index (χ3n) is 11.7. The molecule has 55 heavy (non-hydrogen) atoms. The molecule has 10 rings (SSSR count). The van der Waals surface area contributed by atoms with Crippen LogP contribution in [0.3, 0.4) is 0 Å². The summed E-state index contributed by atoms with van der Waals surface area (Å²) in [4.78, 5) is 5.07. The number of nitrogens with zero attached hydrogens (tertiary/aromatic N) is 1. The lowest BCUT2D eigenvalue weighted by Gasteiger charge is -2.28. The third kappa shape index (κ3) is 5.84. The fourth-order valence-electron chi connectivity index (χ4n) is 8.93. The minimum atomic E-state index is -0.0963. The van der Waals surface area contributed by atoms with E-state index in [0.29, 0.717) is 0 Å². The van der Waals surface area contributed by atoms with Crippen molar-refractivity contribution in [1.82, 2.24) is 4.98 Å². The highest BCUT2D eigenvalue weighted by atomic mass is 14.7. The minimum absolute atomic E-state index is 0.0963. The van der Waals surface area contributed by atoms with Crippen LogP contribution in [0.1, 0.15) is 42.5 Å². The molecule has 8 aromatic rings. The molecule has 0 saturated heterocycles. The SMILES string of the molecule is CC1(C)c2cc(-c3ccc(-c4ccc(-c5cc(-c6ccccc6)nc(-c6ccccc6)c5)cc4)cc3)ccc2-c2c(-c3ccccc3)cc3c(c21)CCC=C3. The fourth-order valence-corrected chi connectivity index (χ4v) is 8.93. The number of hydrogen-bond acceptors (Lipinski definition) is 1. The number of hydrogen-bond donors (Lipinski definition) is 0. The van der Waals surface area contributed by atoms with Crippen molar-refractivity contribution in [2.75, 3.05) is 0 Å². The largest absolute Gasteiger partial charge is 0.248 e. The second kappa shape index (κ2) is 13.4. The Bertz CT molecular complexity index is 2660. The normalized spacial score (nSPS) is 13.6. The highest BCUT2D eigenvalue weighted by molar-refractivity contribution is 5.96. The molecule has 1 heteroatoms. The maximum atomic E-state index is 5.07. The van der Waals surface area contributed by atoms with E-state index in [1.54, 1.807) is 0 Å². The summed E-state index contributed by atoms with van der Waals surface area (Å²) in [5.74, 6) is 0. The predicted molar refractivity (Wildman–Crippen MR) is 232 cm³/mol. The van der Waals surface area contributed by atoms with Gasteiger partial charge in [0.25, 0.3) is 0 Å². The van der Waals surface area contributed by atoms with Gasteiger partial charge in [-0.25, -0.2) is 4.98 Å². The van der Waals surface area contributed by atoms with Gasteiger partial charge in [-0.1, -0.05) is 178 Å². The van der Waals surface area contributed by atoms with Crippen molar-refractivity contribution in [2.45, 2.75) is 32.1 Å². The van der Waals surface area contributed by atoms with Gasteiger partial charge in [-0.3, -0.25) is 0 Å². The van der Waals surface area contributed by atoms with E-state index in [1.165, 1.54) is 72.3 Å². The number of rotatable bonds is 6. The van der Waals surface area contributed by atoms with Crippen LogP contribution < -0.4 is 0 Å². The summed E-state index contributed by atoms with van der Waals surface area (Å²) in [6.07, 6.45) is 6.87. The molecular weight excluding hydrogens is 663 g/mol. The van der Waals surface area contributed by atoms with E-state index in [0.717, 1.165) is 40.9 Å². The molecule has 0 radical (unpaired) electrons. The Kier molecular flexibility index (Phi) is 8.03. The Morgan fingerprint density at radius 3 is 1.49 bits per heavy atom. The molecule has 0 amide bonds. The lowest BCUT2D eigenvalue weighted by molar-refractivity contribution is 0.649. The van der Waals surface area contributed by atoms with Crippen molar-refractivity contribution in [1.29, 1.82) is 0 Å². The fraction of sp³-hybridized carbons (Fsp3) is 0.0926. The Hall–Kier alpha value is -6.57. The maximum Gasteiger partial charge on any atom is 0.0715 e. The van der Waals surface area contributed by atoms with Crippen LogP contribution in [0.4, 0.5) is 0 Å². The van der Waals surface area contributed by atoms with Gasteiger partial charge in [-0.05, 0) is 115 Å². The molecule has 0 atom stereocenters. The molecule has 1 aromatic heterocycles. The number of benzene rings is 7. The zero-order valence-corrected chi connectivity index (χ0v) is 31.3. The van der Waals surface area contributed by atoms with E-state index >= 15 is 0 Å². The molecule has 0 unspecified atom stereocenters. The summed E-state index contributed by atoms with van der Waals surface area (Å²) in [5, 5.41) is 0. The van der Waals surface area contributed by atoms with Crippen LogP contribution in [0.25, 0.3) is 84.2 Å². The van der Waals surface area contributed by atoms with Gasteiger partial charge < -0.3 is 0 Å². The topological polar surface area (TPSA) is 12.9 Å². The molecule has 0 fully saturated rings. The van der Waals surface area contributed by atoms with Gasteiger partial charge in [0.15, 0.2) is 0 Å². The van der Waals surface area contributed by atoms with Crippen molar-refractivity contribution in [3.8, 4) is 78.1 Å². The summed E-state index contributed by atoms with van der Waals surface area (Å²) in [6, 6.07) is 63.9. The van der Waals surface area contributed by atoms with E-state index in [1.807, 2.05) is 12.1 Å². The molecule has 7 aromatic carbocycles. The van der Waals surface area contributed by atoms with E-state index < -0.39 is 0 Å². The number of fused-ring (bicyclic) bond motifs is 5. The first-order valence-electron chi connectivity index (χ1n) is 19.4. The highest BCUT2D eigenvalue weighted by Gasteiger charge is 2.40. The van der Waals surface area contributed by atoms with E-state index in [4.69, 9.17) is 4.98 Å². The molecular formula is C54H41N. The second-order valence-electron chi connectivity index (χ2n) is 15.4. The van der Waals surface area contributed by atoms with Crippen LogP contribution in [0.5, 0.6) is 0 Å². The van der Waals surface area contributed by atoms with Crippen molar-refractivity contribution in [3.05, 3.63) is 204 Å². The summed E-state index contributed by atoms with van der Waals surface area (Å²) in [5.41, 5.74) is 22.6. The van der Waals surface area contributed by atoms with Crippen LogP contribution in [-0.4, -0.2) is 4.98 Å². The second-order valence-corrected chi connectivity index (χ2v) is 15.4. The van der Waals surface area contributed by atoms with Gasteiger partial charge in [-0.2, -0.15) is 0 Å². The third-order valence-corrected chi connectivity index (χ3v) is 11.7. The van der Waals surface area contributed by atoms with E-state index in [9.17, 15) is 0 Å². The van der Waals surface area contributed by atoms with Gasteiger partial charge in [0.05, 0.1) is 11.4 Å². The van der Waals surface area contributed by atoms with Crippen molar-refractivity contribution < 1.29 is 0 Å². The molecule has 2 aliphatic carbocycles.